The average Bonchev–Trinajstić information content (AvgIpc) is 3.41. The van der Waals surface area contributed by atoms with Gasteiger partial charge in [-0.3, -0.25) is 9.36 Å². The van der Waals surface area contributed by atoms with Gasteiger partial charge < -0.3 is 19.5 Å². The molecule has 2 aromatic heterocycles. The molecule has 9 heteroatoms. The molecule has 8 nitrogen and oxygen atoms in total. The fourth-order valence-electron chi connectivity index (χ4n) is 4.44. The summed E-state index contributed by atoms with van der Waals surface area (Å²) in [5, 5.41) is 2.82. The second-order valence-electron chi connectivity index (χ2n) is 10.6. The van der Waals surface area contributed by atoms with E-state index in [2.05, 4.69) is 60.7 Å². The Labute approximate surface area is 214 Å². The van der Waals surface area contributed by atoms with Crippen molar-refractivity contribution in [2.45, 2.75) is 71.9 Å². The molecule has 0 saturated carbocycles. The van der Waals surface area contributed by atoms with Gasteiger partial charge in [-0.05, 0) is 25.0 Å². The third kappa shape index (κ3) is 5.86. The highest BCUT2D eigenvalue weighted by atomic mass is 28.3. The summed E-state index contributed by atoms with van der Waals surface area (Å²) in [5.41, 5.74) is 6.60. The van der Waals surface area contributed by atoms with Gasteiger partial charge in [0.25, 0.3) is 0 Å². The minimum absolute atomic E-state index is 0.0920. The number of hydrogen-bond donors (Lipinski definition) is 1. The van der Waals surface area contributed by atoms with Gasteiger partial charge in [0.1, 0.15) is 12.2 Å². The molecule has 3 heterocycles. The number of fused-ring (bicyclic) bond motifs is 1. The van der Waals surface area contributed by atoms with Crippen LogP contribution in [0, 0.1) is 0 Å². The summed E-state index contributed by atoms with van der Waals surface area (Å²) < 4.78 is 20.0. The van der Waals surface area contributed by atoms with E-state index in [9.17, 15) is 4.79 Å². The summed E-state index contributed by atoms with van der Waals surface area (Å²) in [4.78, 5) is 21.1. The lowest BCUT2D eigenvalue weighted by Gasteiger charge is -2.23. The SMILES string of the molecule is CCc1c(-c2ccc(C3(C)OCCO3)cc2)n(COCC[Si](C)(C)C)c2ncc(CNC(C)=O)nc12. The monoisotopic (exact) mass is 510 g/mol. The van der Waals surface area contributed by atoms with Gasteiger partial charge in [-0.25, -0.2) is 9.97 Å². The predicted octanol–water partition coefficient (Wildman–Crippen LogP) is 4.83. The molecule has 1 N–H and O–H groups in total. The van der Waals surface area contributed by atoms with Crippen LogP contribution in [-0.2, 0) is 44.5 Å². The van der Waals surface area contributed by atoms with Crippen LogP contribution in [0.4, 0.5) is 0 Å². The summed E-state index contributed by atoms with van der Waals surface area (Å²) >= 11 is 0. The predicted molar refractivity (Wildman–Crippen MR) is 143 cm³/mol. The summed E-state index contributed by atoms with van der Waals surface area (Å²) in [6, 6.07) is 9.45. The first-order valence-corrected chi connectivity index (χ1v) is 16.4. The summed E-state index contributed by atoms with van der Waals surface area (Å²) in [6.45, 7) is 15.3. The maximum absolute atomic E-state index is 11.4. The molecule has 0 radical (unpaired) electrons. The van der Waals surface area contributed by atoms with Gasteiger partial charge in [-0.2, -0.15) is 0 Å². The summed E-state index contributed by atoms with van der Waals surface area (Å²) in [5.74, 6) is -0.800. The van der Waals surface area contributed by atoms with E-state index in [1.54, 1.807) is 6.20 Å². The van der Waals surface area contributed by atoms with Crippen LogP contribution in [0.25, 0.3) is 22.4 Å². The summed E-state index contributed by atoms with van der Waals surface area (Å²) in [7, 11) is -1.20. The molecule has 1 fully saturated rings. The number of nitrogens with one attached hydrogen (secondary N) is 1. The van der Waals surface area contributed by atoms with Gasteiger partial charge in [0.05, 0.1) is 37.3 Å². The fraction of sp³-hybridized carbons (Fsp3) is 0.519. The topological polar surface area (TPSA) is 87.5 Å². The van der Waals surface area contributed by atoms with Gasteiger partial charge in [0.2, 0.25) is 5.91 Å². The quantitative estimate of drug-likeness (QED) is 0.311. The van der Waals surface area contributed by atoms with Gasteiger partial charge in [0, 0.05) is 32.7 Å². The first-order chi connectivity index (χ1) is 17.1. The lowest BCUT2D eigenvalue weighted by Crippen LogP contribution is -2.22. The number of ether oxygens (including phenoxy) is 3. The third-order valence-electron chi connectivity index (χ3n) is 6.51. The van der Waals surface area contributed by atoms with E-state index in [-0.39, 0.29) is 5.91 Å². The molecule has 0 aliphatic carbocycles. The van der Waals surface area contributed by atoms with Crippen molar-refractivity contribution in [1.82, 2.24) is 19.9 Å². The highest BCUT2D eigenvalue weighted by Crippen LogP contribution is 2.36. The van der Waals surface area contributed by atoms with Crippen molar-refractivity contribution in [2.75, 3.05) is 19.8 Å². The number of aryl methyl sites for hydroxylation is 1. The smallest absolute Gasteiger partial charge is 0.217 e. The molecular formula is C27H38N4O4Si. The number of benzene rings is 1. The first-order valence-electron chi connectivity index (χ1n) is 12.7. The van der Waals surface area contributed by atoms with Gasteiger partial charge in [-0.15, -0.1) is 0 Å². The fourth-order valence-corrected chi connectivity index (χ4v) is 5.19. The maximum Gasteiger partial charge on any atom is 0.217 e. The number of carbonyl (C=O) groups excluding carboxylic acids is 1. The van der Waals surface area contributed by atoms with Gasteiger partial charge in [-0.1, -0.05) is 50.8 Å². The molecule has 3 aromatic rings. The Hall–Kier alpha value is -2.59. The van der Waals surface area contributed by atoms with E-state index < -0.39 is 13.9 Å². The Morgan fingerprint density at radius 2 is 1.89 bits per heavy atom. The Morgan fingerprint density at radius 1 is 1.19 bits per heavy atom. The number of hydrogen-bond acceptors (Lipinski definition) is 6. The zero-order valence-electron chi connectivity index (χ0n) is 22.3. The van der Waals surface area contributed by atoms with Gasteiger partial charge >= 0.3 is 0 Å². The number of aromatic nitrogens is 3. The molecule has 1 amide bonds. The molecule has 1 aliphatic heterocycles. The molecule has 36 heavy (non-hydrogen) atoms. The van der Waals surface area contributed by atoms with Crippen molar-refractivity contribution in [3.63, 3.8) is 0 Å². The molecule has 1 aromatic carbocycles. The average molecular weight is 511 g/mol. The van der Waals surface area contributed by atoms with Crippen molar-refractivity contribution in [2.24, 2.45) is 0 Å². The van der Waals surface area contributed by atoms with Crippen molar-refractivity contribution < 1.29 is 19.0 Å². The molecule has 0 spiro atoms. The zero-order valence-corrected chi connectivity index (χ0v) is 23.3. The highest BCUT2D eigenvalue weighted by Gasteiger charge is 2.33. The van der Waals surface area contributed by atoms with Crippen LogP contribution in [0.1, 0.15) is 37.6 Å². The van der Waals surface area contributed by atoms with E-state index in [0.717, 1.165) is 58.3 Å². The summed E-state index contributed by atoms with van der Waals surface area (Å²) in [6.07, 6.45) is 2.52. The highest BCUT2D eigenvalue weighted by molar-refractivity contribution is 6.76. The van der Waals surface area contributed by atoms with Crippen molar-refractivity contribution in [3.05, 3.63) is 47.3 Å². The minimum Gasteiger partial charge on any atom is -0.361 e. The van der Waals surface area contributed by atoms with Crippen molar-refractivity contribution in [1.29, 1.82) is 0 Å². The number of carbonyl (C=O) groups is 1. The van der Waals surface area contributed by atoms with E-state index in [1.165, 1.54) is 6.92 Å². The Kier molecular flexibility index (Phi) is 7.94. The van der Waals surface area contributed by atoms with Crippen LogP contribution in [-0.4, -0.2) is 48.3 Å². The molecule has 0 bridgehead atoms. The second-order valence-corrected chi connectivity index (χ2v) is 16.2. The minimum atomic E-state index is -1.20. The number of rotatable bonds is 10. The lowest BCUT2D eigenvalue weighted by atomic mass is 10.0. The second kappa shape index (κ2) is 10.8. The van der Waals surface area contributed by atoms with E-state index in [1.807, 2.05) is 6.92 Å². The van der Waals surface area contributed by atoms with Crippen LogP contribution in [0.3, 0.4) is 0 Å². The molecule has 4 rings (SSSR count). The molecule has 1 aliphatic rings. The van der Waals surface area contributed by atoms with Crippen molar-refractivity contribution in [3.8, 4) is 11.3 Å². The molecule has 1 saturated heterocycles. The zero-order chi connectivity index (χ0) is 25.9. The first kappa shape index (κ1) is 26.5. The van der Waals surface area contributed by atoms with Crippen LogP contribution in [0.15, 0.2) is 30.5 Å². The third-order valence-corrected chi connectivity index (χ3v) is 8.21. The van der Waals surface area contributed by atoms with Crippen LogP contribution >= 0.6 is 0 Å². The number of nitrogens with zero attached hydrogens (tertiary/aromatic N) is 3. The molecule has 0 atom stereocenters. The Balaban J connectivity index is 1.74. The van der Waals surface area contributed by atoms with Crippen LogP contribution < -0.4 is 5.32 Å². The molecular weight excluding hydrogens is 472 g/mol. The Morgan fingerprint density at radius 3 is 2.50 bits per heavy atom. The van der Waals surface area contributed by atoms with E-state index in [0.29, 0.717) is 26.5 Å². The largest absolute Gasteiger partial charge is 0.361 e. The van der Waals surface area contributed by atoms with Gasteiger partial charge in [0.15, 0.2) is 11.4 Å². The van der Waals surface area contributed by atoms with Crippen molar-refractivity contribution >= 4 is 25.1 Å². The van der Waals surface area contributed by atoms with Crippen LogP contribution in [0.5, 0.6) is 0 Å². The number of amides is 1. The molecule has 0 unspecified atom stereocenters. The maximum atomic E-state index is 11.4. The van der Waals surface area contributed by atoms with E-state index >= 15 is 0 Å². The lowest BCUT2D eigenvalue weighted by molar-refractivity contribution is -0.149. The normalized spacial score (nSPS) is 15.5. The van der Waals surface area contributed by atoms with Crippen LogP contribution in [0.2, 0.25) is 25.7 Å². The standard InChI is InChI=1S/C27H38N4O4Si/c1-7-23-24-26(29-17-22(30-24)16-28-19(2)32)31(18-33-14-15-36(4,5)6)25(23)20-8-10-21(11-9-20)27(3)34-12-13-35-27/h8-11,17H,7,12-16,18H2,1-6H3,(H,28,32). The Bertz CT molecular complexity index is 1210. The molecule has 194 valence electrons. The van der Waals surface area contributed by atoms with E-state index in [4.69, 9.17) is 24.2 Å².